The molecule has 0 aliphatic rings. The summed E-state index contributed by atoms with van der Waals surface area (Å²) in [5, 5.41) is 7.10. The molecule has 0 unspecified atom stereocenters. The standard InChI is InChI=1S/C18H21N5O/c1-4-11-23-17(9-10-20-23)18(24)21-15-5-7-16(8-6-15)22-12-19-13(2)14(22)3/h5-10,12H,4,11H2,1-3H3,(H,21,24). The molecule has 3 aromatic rings. The Morgan fingerprint density at radius 1 is 1.17 bits per heavy atom. The number of anilines is 1. The second-order valence-electron chi connectivity index (χ2n) is 5.73. The van der Waals surface area contributed by atoms with Gasteiger partial charge in [0.2, 0.25) is 0 Å². The molecular weight excluding hydrogens is 302 g/mol. The van der Waals surface area contributed by atoms with Crippen LogP contribution in [0.5, 0.6) is 0 Å². The predicted octanol–water partition coefficient (Wildman–Crippen LogP) is 3.35. The molecule has 0 fully saturated rings. The smallest absolute Gasteiger partial charge is 0.273 e. The SMILES string of the molecule is CCCn1nccc1C(=O)Nc1ccc(-n2cnc(C)c2C)cc1. The number of hydrogen-bond donors (Lipinski definition) is 1. The van der Waals surface area contributed by atoms with Gasteiger partial charge in [-0.3, -0.25) is 9.48 Å². The third-order valence-corrected chi connectivity index (χ3v) is 4.04. The lowest BCUT2D eigenvalue weighted by atomic mass is 10.2. The number of aromatic nitrogens is 4. The van der Waals surface area contributed by atoms with Crippen molar-refractivity contribution in [2.45, 2.75) is 33.7 Å². The Hall–Kier alpha value is -2.89. The van der Waals surface area contributed by atoms with Crippen LogP contribution in [-0.4, -0.2) is 25.2 Å². The van der Waals surface area contributed by atoms with Gasteiger partial charge < -0.3 is 9.88 Å². The van der Waals surface area contributed by atoms with E-state index < -0.39 is 0 Å². The Morgan fingerprint density at radius 2 is 1.92 bits per heavy atom. The number of aryl methyl sites for hydroxylation is 2. The molecule has 1 N–H and O–H groups in total. The molecule has 0 radical (unpaired) electrons. The second-order valence-corrected chi connectivity index (χ2v) is 5.73. The van der Waals surface area contributed by atoms with Crippen molar-refractivity contribution in [2.75, 3.05) is 5.32 Å². The van der Waals surface area contributed by atoms with Gasteiger partial charge in [0.25, 0.3) is 5.91 Å². The third kappa shape index (κ3) is 3.08. The number of rotatable bonds is 5. The molecule has 0 spiro atoms. The lowest BCUT2D eigenvalue weighted by Crippen LogP contribution is -2.17. The molecule has 0 aliphatic carbocycles. The van der Waals surface area contributed by atoms with Crippen LogP contribution in [0.1, 0.15) is 35.2 Å². The van der Waals surface area contributed by atoms with Crippen LogP contribution in [0.25, 0.3) is 5.69 Å². The van der Waals surface area contributed by atoms with E-state index in [0.717, 1.165) is 35.7 Å². The molecule has 0 atom stereocenters. The highest BCUT2D eigenvalue weighted by atomic mass is 16.2. The molecule has 124 valence electrons. The average molecular weight is 323 g/mol. The molecule has 6 nitrogen and oxygen atoms in total. The lowest BCUT2D eigenvalue weighted by Gasteiger charge is -2.09. The molecule has 1 amide bonds. The average Bonchev–Trinajstić information content (AvgIpc) is 3.17. The van der Waals surface area contributed by atoms with E-state index in [0.29, 0.717) is 5.69 Å². The van der Waals surface area contributed by atoms with Gasteiger partial charge in [-0.15, -0.1) is 0 Å². The Kier molecular flexibility index (Phi) is 4.46. The van der Waals surface area contributed by atoms with Crippen LogP contribution in [-0.2, 0) is 6.54 Å². The number of nitrogens with zero attached hydrogens (tertiary/aromatic N) is 4. The fourth-order valence-electron chi connectivity index (χ4n) is 2.58. The summed E-state index contributed by atoms with van der Waals surface area (Å²) in [4.78, 5) is 16.7. The van der Waals surface area contributed by atoms with E-state index in [2.05, 4.69) is 22.3 Å². The first-order valence-electron chi connectivity index (χ1n) is 8.04. The molecule has 0 bridgehead atoms. The highest BCUT2D eigenvalue weighted by Crippen LogP contribution is 2.17. The van der Waals surface area contributed by atoms with E-state index in [1.165, 1.54) is 0 Å². The van der Waals surface area contributed by atoms with E-state index in [1.54, 1.807) is 16.9 Å². The zero-order chi connectivity index (χ0) is 17.1. The van der Waals surface area contributed by atoms with Crippen molar-refractivity contribution < 1.29 is 4.79 Å². The summed E-state index contributed by atoms with van der Waals surface area (Å²) in [6, 6.07) is 9.45. The molecule has 2 aromatic heterocycles. The van der Waals surface area contributed by atoms with Crippen LogP contribution >= 0.6 is 0 Å². The van der Waals surface area contributed by atoms with Crippen LogP contribution in [0, 0.1) is 13.8 Å². The molecule has 0 saturated heterocycles. The maximum Gasteiger partial charge on any atom is 0.273 e. The summed E-state index contributed by atoms with van der Waals surface area (Å²) >= 11 is 0. The first-order valence-corrected chi connectivity index (χ1v) is 8.04. The van der Waals surface area contributed by atoms with Gasteiger partial charge in [0.1, 0.15) is 5.69 Å². The summed E-state index contributed by atoms with van der Waals surface area (Å²) in [6.07, 6.45) is 4.39. The fraction of sp³-hybridized carbons (Fsp3) is 0.278. The summed E-state index contributed by atoms with van der Waals surface area (Å²) < 4.78 is 3.75. The van der Waals surface area contributed by atoms with Crippen LogP contribution in [0.15, 0.2) is 42.9 Å². The second kappa shape index (κ2) is 6.70. The van der Waals surface area contributed by atoms with Gasteiger partial charge >= 0.3 is 0 Å². The Morgan fingerprint density at radius 3 is 2.54 bits per heavy atom. The van der Waals surface area contributed by atoms with Crippen LogP contribution in [0.3, 0.4) is 0 Å². The minimum absolute atomic E-state index is 0.150. The van der Waals surface area contributed by atoms with E-state index in [1.807, 2.05) is 49.0 Å². The number of imidazole rings is 1. The zero-order valence-electron chi connectivity index (χ0n) is 14.2. The number of hydrogen-bond acceptors (Lipinski definition) is 3. The monoisotopic (exact) mass is 323 g/mol. The fourth-order valence-corrected chi connectivity index (χ4v) is 2.58. The Balaban J connectivity index is 1.75. The topological polar surface area (TPSA) is 64.7 Å². The van der Waals surface area contributed by atoms with E-state index in [9.17, 15) is 4.79 Å². The summed E-state index contributed by atoms with van der Waals surface area (Å²) in [6.45, 7) is 6.81. The highest BCUT2D eigenvalue weighted by Gasteiger charge is 2.12. The summed E-state index contributed by atoms with van der Waals surface area (Å²) in [5.74, 6) is -0.150. The number of nitrogens with one attached hydrogen (secondary N) is 1. The number of carbonyl (C=O) groups is 1. The van der Waals surface area contributed by atoms with Crippen LogP contribution in [0.2, 0.25) is 0 Å². The molecular formula is C18H21N5O. The minimum Gasteiger partial charge on any atom is -0.321 e. The first-order chi connectivity index (χ1) is 11.6. The quantitative estimate of drug-likeness (QED) is 0.783. The lowest BCUT2D eigenvalue weighted by molar-refractivity contribution is 0.101. The van der Waals surface area contributed by atoms with E-state index >= 15 is 0 Å². The first kappa shape index (κ1) is 16.0. The van der Waals surface area contributed by atoms with Crippen LogP contribution < -0.4 is 5.32 Å². The van der Waals surface area contributed by atoms with E-state index in [-0.39, 0.29) is 5.91 Å². The molecule has 1 aromatic carbocycles. The number of amides is 1. The molecule has 0 saturated carbocycles. The van der Waals surface area contributed by atoms with Crippen molar-refractivity contribution in [1.82, 2.24) is 19.3 Å². The van der Waals surface area contributed by atoms with Gasteiger partial charge in [-0.2, -0.15) is 5.10 Å². The van der Waals surface area contributed by atoms with Gasteiger partial charge in [-0.1, -0.05) is 6.92 Å². The predicted molar refractivity (Wildman–Crippen MR) is 93.5 cm³/mol. The number of carbonyl (C=O) groups excluding carboxylic acids is 1. The molecule has 2 heterocycles. The van der Waals surface area contributed by atoms with Gasteiger partial charge in [0.15, 0.2) is 0 Å². The molecule has 0 aliphatic heterocycles. The highest BCUT2D eigenvalue weighted by molar-refractivity contribution is 6.03. The maximum atomic E-state index is 12.4. The van der Waals surface area contributed by atoms with Gasteiger partial charge in [0, 0.05) is 29.8 Å². The van der Waals surface area contributed by atoms with Gasteiger partial charge in [-0.05, 0) is 50.6 Å². The van der Waals surface area contributed by atoms with Crippen LogP contribution in [0.4, 0.5) is 5.69 Å². The third-order valence-electron chi connectivity index (χ3n) is 4.04. The molecule has 3 rings (SSSR count). The van der Waals surface area contributed by atoms with Gasteiger partial charge in [0.05, 0.1) is 12.0 Å². The van der Waals surface area contributed by atoms with Crippen molar-refractivity contribution in [3.63, 3.8) is 0 Å². The van der Waals surface area contributed by atoms with Gasteiger partial charge in [-0.25, -0.2) is 4.98 Å². The minimum atomic E-state index is -0.150. The van der Waals surface area contributed by atoms with E-state index in [4.69, 9.17) is 0 Å². The summed E-state index contributed by atoms with van der Waals surface area (Å²) in [5.41, 5.74) is 4.46. The largest absolute Gasteiger partial charge is 0.321 e. The Bertz CT molecular complexity index is 845. The normalized spacial score (nSPS) is 10.8. The van der Waals surface area contributed by atoms with Crippen molar-refractivity contribution in [2.24, 2.45) is 0 Å². The van der Waals surface area contributed by atoms with Crippen molar-refractivity contribution in [1.29, 1.82) is 0 Å². The van der Waals surface area contributed by atoms with Crippen molar-refractivity contribution in [3.8, 4) is 5.69 Å². The zero-order valence-corrected chi connectivity index (χ0v) is 14.2. The summed E-state index contributed by atoms with van der Waals surface area (Å²) in [7, 11) is 0. The molecule has 6 heteroatoms. The van der Waals surface area contributed by atoms with Crippen molar-refractivity contribution in [3.05, 3.63) is 59.9 Å². The maximum absolute atomic E-state index is 12.4. The number of benzene rings is 1. The van der Waals surface area contributed by atoms with Crippen molar-refractivity contribution >= 4 is 11.6 Å². The molecule has 24 heavy (non-hydrogen) atoms. The Labute approximate surface area is 141 Å².